The first kappa shape index (κ1) is 15.3. The lowest BCUT2D eigenvalue weighted by Crippen LogP contribution is -2.39. The Morgan fingerprint density at radius 3 is 2.73 bits per heavy atom. The van der Waals surface area contributed by atoms with Gasteiger partial charge in [-0.2, -0.15) is 0 Å². The molecule has 22 heavy (non-hydrogen) atoms. The highest BCUT2D eigenvalue weighted by Crippen LogP contribution is 2.30. The van der Waals surface area contributed by atoms with Crippen molar-refractivity contribution in [1.82, 2.24) is 10.2 Å². The van der Waals surface area contributed by atoms with Crippen LogP contribution >= 0.6 is 0 Å². The van der Waals surface area contributed by atoms with E-state index in [9.17, 15) is 4.79 Å². The van der Waals surface area contributed by atoms with E-state index in [1.807, 2.05) is 0 Å². The molecule has 2 atom stereocenters. The Kier molecular flexibility index (Phi) is 4.63. The summed E-state index contributed by atoms with van der Waals surface area (Å²) >= 11 is 0. The van der Waals surface area contributed by atoms with Gasteiger partial charge in [0.15, 0.2) is 0 Å². The Balaban J connectivity index is 1.71. The van der Waals surface area contributed by atoms with Gasteiger partial charge in [0.05, 0.1) is 0 Å². The SMILES string of the molecule is CC(C)C=C(CN1C[C@H]2CC(=O)NC[C@H]2C1)c1ccccc1. The van der Waals surface area contributed by atoms with E-state index >= 15 is 0 Å². The first-order valence-electron chi connectivity index (χ1n) is 8.37. The average molecular weight is 298 g/mol. The smallest absolute Gasteiger partial charge is 0.220 e. The number of hydrogen-bond donors (Lipinski definition) is 1. The van der Waals surface area contributed by atoms with Crippen LogP contribution in [0, 0.1) is 17.8 Å². The Hall–Kier alpha value is -1.61. The molecule has 1 aromatic carbocycles. The third-order valence-corrected chi connectivity index (χ3v) is 4.73. The predicted molar refractivity (Wildman–Crippen MR) is 90.3 cm³/mol. The fourth-order valence-electron chi connectivity index (χ4n) is 3.72. The summed E-state index contributed by atoms with van der Waals surface area (Å²) in [6, 6.07) is 10.7. The van der Waals surface area contributed by atoms with E-state index in [1.165, 1.54) is 11.1 Å². The molecule has 0 unspecified atom stereocenters. The average Bonchev–Trinajstić information content (AvgIpc) is 2.88. The molecule has 0 saturated carbocycles. The van der Waals surface area contributed by atoms with Crippen LogP contribution in [-0.4, -0.2) is 37.0 Å². The highest BCUT2D eigenvalue weighted by Gasteiger charge is 2.37. The Labute approximate surface area is 133 Å². The molecule has 0 radical (unpaired) electrons. The minimum absolute atomic E-state index is 0.226. The van der Waals surface area contributed by atoms with Gasteiger partial charge in [0.25, 0.3) is 0 Å². The second kappa shape index (κ2) is 6.66. The van der Waals surface area contributed by atoms with E-state index in [-0.39, 0.29) is 5.91 Å². The minimum Gasteiger partial charge on any atom is -0.356 e. The summed E-state index contributed by atoms with van der Waals surface area (Å²) in [5.74, 6) is 1.95. The van der Waals surface area contributed by atoms with E-state index in [0.29, 0.717) is 24.2 Å². The number of fused-ring (bicyclic) bond motifs is 1. The van der Waals surface area contributed by atoms with E-state index in [4.69, 9.17) is 0 Å². The molecule has 0 spiro atoms. The zero-order valence-electron chi connectivity index (χ0n) is 13.6. The van der Waals surface area contributed by atoms with Crippen LogP contribution in [0.5, 0.6) is 0 Å². The minimum atomic E-state index is 0.226. The van der Waals surface area contributed by atoms with Crippen molar-refractivity contribution in [2.75, 3.05) is 26.2 Å². The van der Waals surface area contributed by atoms with Crippen molar-refractivity contribution in [2.24, 2.45) is 17.8 Å². The van der Waals surface area contributed by atoms with E-state index in [0.717, 1.165) is 26.2 Å². The summed E-state index contributed by atoms with van der Waals surface area (Å²) in [5, 5.41) is 3.01. The zero-order valence-corrected chi connectivity index (χ0v) is 13.6. The fraction of sp³-hybridized carbons (Fsp3) is 0.526. The van der Waals surface area contributed by atoms with Crippen molar-refractivity contribution >= 4 is 11.5 Å². The van der Waals surface area contributed by atoms with Crippen LogP contribution in [0.4, 0.5) is 0 Å². The molecule has 3 heteroatoms. The molecule has 1 N–H and O–H groups in total. The predicted octanol–water partition coefficient (Wildman–Crippen LogP) is 2.79. The van der Waals surface area contributed by atoms with Gasteiger partial charge < -0.3 is 5.32 Å². The molecule has 2 heterocycles. The maximum Gasteiger partial charge on any atom is 0.220 e. The Morgan fingerprint density at radius 2 is 2.00 bits per heavy atom. The topological polar surface area (TPSA) is 32.3 Å². The van der Waals surface area contributed by atoms with Gasteiger partial charge >= 0.3 is 0 Å². The summed E-state index contributed by atoms with van der Waals surface area (Å²) in [5.41, 5.74) is 2.73. The molecule has 2 fully saturated rings. The second-order valence-corrected chi connectivity index (χ2v) is 7.02. The van der Waals surface area contributed by atoms with Crippen LogP contribution in [0.1, 0.15) is 25.8 Å². The lowest BCUT2D eigenvalue weighted by Gasteiger charge is -2.23. The van der Waals surface area contributed by atoms with Crippen molar-refractivity contribution < 1.29 is 4.79 Å². The molecule has 118 valence electrons. The van der Waals surface area contributed by atoms with Gasteiger partial charge in [0.2, 0.25) is 5.91 Å². The lowest BCUT2D eigenvalue weighted by atomic mass is 9.89. The van der Waals surface area contributed by atoms with Crippen LogP contribution in [0.25, 0.3) is 5.57 Å². The monoisotopic (exact) mass is 298 g/mol. The molecule has 2 aliphatic rings. The first-order valence-corrected chi connectivity index (χ1v) is 8.37. The number of carbonyl (C=O) groups excluding carboxylic acids is 1. The van der Waals surface area contributed by atoms with E-state index in [2.05, 4.69) is 60.5 Å². The molecule has 2 saturated heterocycles. The summed E-state index contributed by atoms with van der Waals surface area (Å²) in [6.07, 6.45) is 3.08. The van der Waals surface area contributed by atoms with Gasteiger partial charge in [-0.1, -0.05) is 50.3 Å². The molecule has 3 rings (SSSR count). The van der Waals surface area contributed by atoms with Crippen molar-refractivity contribution in [1.29, 1.82) is 0 Å². The molecule has 0 aliphatic carbocycles. The number of likely N-dealkylation sites (tertiary alicyclic amines) is 1. The Bertz CT molecular complexity index is 550. The fourth-order valence-corrected chi connectivity index (χ4v) is 3.72. The normalized spacial score (nSPS) is 26.1. The number of nitrogens with one attached hydrogen (secondary N) is 1. The maximum absolute atomic E-state index is 11.6. The molecule has 1 amide bonds. The van der Waals surface area contributed by atoms with Gasteiger partial charge in [0, 0.05) is 32.6 Å². The molecule has 1 aromatic rings. The van der Waals surface area contributed by atoms with Crippen LogP contribution in [-0.2, 0) is 4.79 Å². The van der Waals surface area contributed by atoms with Crippen LogP contribution in [0.15, 0.2) is 36.4 Å². The van der Waals surface area contributed by atoms with Gasteiger partial charge in [-0.3, -0.25) is 9.69 Å². The quantitative estimate of drug-likeness (QED) is 0.927. The second-order valence-electron chi connectivity index (χ2n) is 7.02. The number of allylic oxidation sites excluding steroid dienone is 1. The van der Waals surface area contributed by atoms with E-state index in [1.54, 1.807) is 0 Å². The summed E-state index contributed by atoms with van der Waals surface area (Å²) in [4.78, 5) is 14.1. The Morgan fingerprint density at radius 1 is 1.27 bits per heavy atom. The van der Waals surface area contributed by atoms with Crippen LogP contribution in [0.2, 0.25) is 0 Å². The molecular weight excluding hydrogens is 272 g/mol. The molecule has 2 aliphatic heterocycles. The number of carbonyl (C=O) groups is 1. The lowest BCUT2D eigenvalue weighted by molar-refractivity contribution is -0.124. The first-order chi connectivity index (χ1) is 10.6. The number of rotatable bonds is 4. The third kappa shape index (κ3) is 3.58. The molecule has 3 nitrogen and oxygen atoms in total. The molecule has 0 bridgehead atoms. The van der Waals surface area contributed by atoms with Crippen LogP contribution in [0.3, 0.4) is 0 Å². The summed E-state index contributed by atoms with van der Waals surface area (Å²) < 4.78 is 0. The van der Waals surface area contributed by atoms with Crippen molar-refractivity contribution in [3.8, 4) is 0 Å². The number of amides is 1. The standard InChI is InChI=1S/C19H26N2O/c1-14(2)8-16(15-6-4-3-5-7-15)11-21-12-17-9-19(22)20-10-18(17)13-21/h3-8,14,17-18H,9-13H2,1-2H3,(H,20,22)/t17-,18+/m1/s1. The van der Waals surface area contributed by atoms with Gasteiger partial charge in [-0.15, -0.1) is 0 Å². The zero-order chi connectivity index (χ0) is 15.5. The van der Waals surface area contributed by atoms with Gasteiger partial charge in [0.1, 0.15) is 0 Å². The van der Waals surface area contributed by atoms with Crippen molar-refractivity contribution in [3.63, 3.8) is 0 Å². The number of hydrogen-bond acceptors (Lipinski definition) is 2. The highest BCUT2D eigenvalue weighted by atomic mass is 16.1. The maximum atomic E-state index is 11.6. The highest BCUT2D eigenvalue weighted by molar-refractivity contribution is 5.77. The number of nitrogens with zero attached hydrogens (tertiary/aromatic N) is 1. The van der Waals surface area contributed by atoms with Gasteiger partial charge in [-0.05, 0) is 28.9 Å². The number of benzene rings is 1. The van der Waals surface area contributed by atoms with E-state index < -0.39 is 0 Å². The molecular formula is C19H26N2O. The summed E-state index contributed by atoms with van der Waals surface area (Å²) in [7, 11) is 0. The van der Waals surface area contributed by atoms with Crippen molar-refractivity contribution in [2.45, 2.75) is 20.3 Å². The third-order valence-electron chi connectivity index (χ3n) is 4.73. The largest absolute Gasteiger partial charge is 0.356 e. The summed E-state index contributed by atoms with van der Waals surface area (Å²) in [6.45, 7) is 8.47. The number of piperidine rings is 1. The van der Waals surface area contributed by atoms with Crippen LogP contribution < -0.4 is 5.32 Å². The molecule has 0 aromatic heterocycles. The van der Waals surface area contributed by atoms with Gasteiger partial charge in [-0.25, -0.2) is 0 Å². The van der Waals surface area contributed by atoms with Crippen molar-refractivity contribution in [3.05, 3.63) is 42.0 Å².